The van der Waals surface area contributed by atoms with Gasteiger partial charge in [0.2, 0.25) is 5.91 Å². The van der Waals surface area contributed by atoms with Gasteiger partial charge in [-0.05, 0) is 32.0 Å². The van der Waals surface area contributed by atoms with Crippen molar-refractivity contribution >= 4 is 17.5 Å². The Morgan fingerprint density at radius 1 is 1.32 bits per heavy atom. The maximum atomic E-state index is 13.5. The Morgan fingerprint density at radius 3 is 2.58 bits per heavy atom. The molecule has 0 bridgehead atoms. The predicted octanol–water partition coefficient (Wildman–Crippen LogP) is 1.91. The van der Waals surface area contributed by atoms with Gasteiger partial charge >= 0.3 is 0 Å². The van der Waals surface area contributed by atoms with Crippen molar-refractivity contribution in [1.29, 1.82) is 0 Å². The van der Waals surface area contributed by atoms with Gasteiger partial charge in [0.15, 0.2) is 0 Å². The fraction of sp³-hybridized carbons (Fsp3) is 0.385. The molecule has 2 amide bonds. The minimum atomic E-state index is -0.841. The van der Waals surface area contributed by atoms with Gasteiger partial charge in [0.1, 0.15) is 17.7 Å². The second kappa shape index (κ2) is 4.95. The van der Waals surface area contributed by atoms with Crippen LogP contribution in [0.3, 0.4) is 0 Å². The van der Waals surface area contributed by atoms with Crippen LogP contribution in [-0.2, 0) is 9.59 Å². The number of likely N-dealkylation sites (tertiary alicyclic amines) is 1. The van der Waals surface area contributed by atoms with Crippen LogP contribution in [0.4, 0.5) is 14.5 Å². The molecular formula is C13H14F2N2O2. The number of amides is 2. The van der Waals surface area contributed by atoms with Gasteiger partial charge in [-0.25, -0.2) is 8.78 Å². The second-order valence-corrected chi connectivity index (χ2v) is 4.72. The number of nitrogens with zero attached hydrogens (tertiary/aromatic N) is 1. The van der Waals surface area contributed by atoms with Gasteiger partial charge in [-0.15, -0.1) is 0 Å². The third-order valence-electron chi connectivity index (χ3n) is 2.96. The number of carbonyl (C=O) groups is 2. The summed E-state index contributed by atoms with van der Waals surface area (Å²) in [5.41, 5.74) is -0.114. The minimum Gasteiger partial charge on any atom is -0.371 e. The molecule has 1 aromatic carbocycles. The number of nitrogens with one attached hydrogen (secondary N) is 1. The highest BCUT2D eigenvalue weighted by molar-refractivity contribution is 6.07. The lowest BCUT2D eigenvalue weighted by Gasteiger charge is -2.19. The van der Waals surface area contributed by atoms with Crippen molar-refractivity contribution in [3.05, 3.63) is 29.8 Å². The Morgan fingerprint density at radius 2 is 2.00 bits per heavy atom. The smallest absolute Gasteiger partial charge is 0.252 e. The molecule has 1 N–H and O–H groups in total. The highest BCUT2D eigenvalue weighted by atomic mass is 19.1. The molecule has 102 valence electrons. The maximum absolute atomic E-state index is 13.5. The molecule has 1 unspecified atom stereocenters. The van der Waals surface area contributed by atoms with Crippen LogP contribution in [0.1, 0.15) is 20.3 Å². The van der Waals surface area contributed by atoms with Crippen LogP contribution in [0.25, 0.3) is 0 Å². The van der Waals surface area contributed by atoms with E-state index >= 15 is 0 Å². The van der Waals surface area contributed by atoms with E-state index in [0.717, 1.165) is 23.1 Å². The Labute approximate surface area is 109 Å². The SMILES string of the molecule is CC(C)N1C(=O)CC(Nc2cc(F)ccc2F)C1=O. The summed E-state index contributed by atoms with van der Waals surface area (Å²) < 4.78 is 26.5. The highest BCUT2D eigenvalue weighted by Crippen LogP contribution is 2.22. The van der Waals surface area contributed by atoms with Crippen molar-refractivity contribution in [3.63, 3.8) is 0 Å². The number of anilines is 1. The van der Waals surface area contributed by atoms with Crippen molar-refractivity contribution < 1.29 is 18.4 Å². The largest absolute Gasteiger partial charge is 0.371 e. The monoisotopic (exact) mass is 268 g/mol. The quantitative estimate of drug-likeness (QED) is 0.852. The summed E-state index contributed by atoms with van der Waals surface area (Å²) in [6.07, 6.45) is -0.0486. The molecule has 2 rings (SSSR count). The zero-order chi connectivity index (χ0) is 14.2. The van der Waals surface area contributed by atoms with E-state index in [2.05, 4.69) is 5.32 Å². The van der Waals surface area contributed by atoms with Gasteiger partial charge < -0.3 is 5.32 Å². The highest BCUT2D eigenvalue weighted by Gasteiger charge is 2.40. The summed E-state index contributed by atoms with van der Waals surface area (Å²) in [7, 11) is 0. The van der Waals surface area contributed by atoms with E-state index in [0.29, 0.717) is 0 Å². The van der Waals surface area contributed by atoms with Crippen molar-refractivity contribution in [2.24, 2.45) is 0 Å². The van der Waals surface area contributed by atoms with Crippen LogP contribution in [-0.4, -0.2) is 28.8 Å². The predicted molar refractivity (Wildman–Crippen MR) is 65.4 cm³/mol. The van der Waals surface area contributed by atoms with Gasteiger partial charge in [0.05, 0.1) is 12.1 Å². The van der Waals surface area contributed by atoms with Gasteiger partial charge in [0, 0.05) is 6.04 Å². The Bertz CT molecular complexity index is 531. The number of halogens is 2. The van der Waals surface area contributed by atoms with Crippen LogP contribution in [0.15, 0.2) is 18.2 Å². The topological polar surface area (TPSA) is 49.4 Å². The standard InChI is InChI=1S/C13H14F2N2O2/c1-7(2)17-12(18)6-11(13(17)19)16-10-5-8(14)3-4-9(10)15/h3-5,7,11,16H,6H2,1-2H3. The number of carbonyl (C=O) groups excluding carboxylic acids is 2. The zero-order valence-corrected chi connectivity index (χ0v) is 10.6. The van der Waals surface area contributed by atoms with E-state index < -0.39 is 23.6 Å². The summed E-state index contributed by atoms with van der Waals surface area (Å²) in [6.45, 7) is 3.45. The third kappa shape index (κ3) is 2.57. The molecule has 0 spiro atoms. The number of hydrogen-bond acceptors (Lipinski definition) is 3. The molecule has 1 aliphatic rings. The summed E-state index contributed by atoms with van der Waals surface area (Å²) in [5, 5.41) is 2.59. The van der Waals surface area contributed by atoms with Gasteiger partial charge in [-0.1, -0.05) is 0 Å². The normalized spacial score (nSPS) is 19.4. The maximum Gasteiger partial charge on any atom is 0.252 e. The van der Waals surface area contributed by atoms with Gasteiger partial charge in [0.25, 0.3) is 5.91 Å². The van der Waals surface area contributed by atoms with Crippen LogP contribution in [0.5, 0.6) is 0 Å². The van der Waals surface area contributed by atoms with E-state index in [-0.39, 0.29) is 24.1 Å². The van der Waals surface area contributed by atoms with E-state index in [9.17, 15) is 18.4 Å². The molecular weight excluding hydrogens is 254 g/mol. The fourth-order valence-electron chi connectivity index (χ4n) is 2.10. The molecule has 1 aromatic rings. The summed E-state index contributed by atoms with van der Waals surface area (Å²) >= 11 is 0. The molecule has 4 nitrogen and oxygen atoms in total. The summed E-state index contributed by atoms with van der Waals surface area (Å²) in [6, 6.07) is 1.84. The molecule has 6 heteroatoms. The van der Waals surface area contributed by atoms with Crippen molar-refractivity contribution in [2.45, 2.75) is 32.4 Å². The number of benzene rings is 1. The molecule has 1 aliphatic heterocycles. The third-order valence-corrected chi connectivity index (χ3v) is 2.96. The van der Waals surface area contributed by atoms with Crippen molar-refractivity contribution in [1.82, 2.24) is 4.90 Å². The Hall–Kier alpha value is -1.98. The molecule has 1 atom stereocenters. The van der Waals surface area contributed by atoms with Gasteiger partial charge in [-0.2, -0.15) is 0 Å². The number of rotatable bonds is 3. The fourth-order valence-corrected chi connectivity index (χ4v) is 2.10. The van der Waals surface area contributed by atoms with E-state index in [1.807, 2.05) is 0 Å². The summed E-state index contributed by atoms with van der Waals surface area (Å²) in [5.74, 6) is -2.00. The van der Waals surface area contributed by atoms with Crippen LogP contribution >= 0.6 is 0 Å². The first kappa shape index (κ1) is 13.5. The first-order chi connectivity index (χ1) is 8.90. The molecule has 1 heterocycles. The molecule has 0 radical (unpaired) electrons. The van der Waals surface area contributed by atoms with Crippen molar-refractivity contribution in [3.8, 4) is 0 Å². The minimum absolute atomic E-state index is 0.0486. The van der Waals surface area contributed by atoms with E-state index in [1.54, 1.807) is 13.8 Å². The average molecular weight is 268 g/mol. The molecule has 0 saturated carbocycles. The summed E-state index contributed by atoms with van der Waals surface area (Å²) in [4.78, 5) is 24.8. The van der Waals surface area contributed by atoms with Crippen LogP contribution in [0, 0.1) is 11.6 Å². The van der Waals surface area contributed by atoms with Gasteiger partial charge in [-0.3, -0.25) is 14.5 Å². The lowest BCUT2D eigenvalue weighted by molar-refractivity contribution is -0.140. The van der Waals surface area contributed by atoms with Crippen LogP contribution in [0.2, 0.25) is 0 Å². The average Bonchev–Trinajstić information content (AvgIpc) is 2.59. The Balaban J connectivity index is 2.19. The van der Waals surface area contributed by atoms with E-state index in [1.165, 1.54) is 0 Å². The molecule has 0 aromatic heterocycles. The van der Waals surface area contributed by atoms with Crippen LogP contribution < -0.4 is 5.32 Å². The zero-order valence-electron chi connectivity index (χ0n) is 10.6. The molecule has 1 saturated heterocycles. The molecule has 0 aliphatic carbocycles. The van der Waals surface area contributed by atoms with E-state index in [4.69, 9.17) is 0 Å². The Kier molecular flexibility index (Phi) is 3.50. The lowest BCUT2D eigenvalue weighted by atomic mass is 10.2. The molecule has 19 heavy (non-hydrogen) atoms. The first-order valence-corrected chi connectivity index (χ1v) is 5.97. The second-order valence-electron chi connectivity index (χ2n) is 4.72. The first-order valence-electron chi connectivity index (χ1n) is 5.97. The number of hydrogen-bond donors (Lipinski definition) is 1. The molecule has 1 fully saturated rings. The lowest BCUT2D eigenvalue weighted by Crippen LogP contribution is -2.39. The van der Waals surface area contributed by atoms with Crippen molar-refractivity contribution in [2.75, 3.05) is 5.32 Å². The number of imide groups is 1.